The zero-order valence-corrected chi connectivity index (χ0v) is 13.5. The zero-order valence-electron chi connectivity index (χ0n) is 13.5. The van der Waals surface area contributed by atoms with Crippen molar-refractivity contribution in [2.75, 3.05) is 0 Å². The average molecular weight is 340 g/mol. The van der Waals surface area contributed by atoms with Crippen LogP contribution < -0.4 is 10.9 Å². The van der Waals surface area contributed by atoms with Gasteiger partial charge in [-0.2, -0.15) is 4.98 Å². The van der Waals surface area contributed by atoms with Gasteiger partial charge in [0.05, 0.1) is 11.8 Å². The summed E-state index contributed by atoms with van der Waals surface area (Å²) in [7, 11) is 0. The standard InChI is InChI=1S/C17H16N4O4/c1-11-13(9-10-24-11)17(23)20-19-14(22)7-8-15-18-16(21-25-15)12-5-3-2-4-6-12/h2-6,9-10H,7-8H2,1H3,(H,19,22)(H,20,23). The molecule has 2 aromatic heterocycles. The van der Waals surface area contributed by atoms with E-state index < -0.39 is 5.91 Å². The first-order valence-corrected chi connectivity index (χ1v) is 7.65. The first kappa shape index (κ1) is 16.4. The number of hydrazine groups is 1. The number of nitrogens with zero attached hydrogens (tertiary/aromatic N) is 2. The van der Waals surface area contributed by atoms with Crippen molar-refractivity contribution in [1.82, 2.24) is 21.0 Å². The third-order valence-corrected chi connectivity index (χ3v) is 3.48. The molecule has 0 atom stereocenters. The predicted molar refractivity (Wildman–Crippen MR) is 87.1 cm³/mol. The minimum Gasteiger partial charge on any atom is -0.469 e. The molecule has 0 aliphatic carbocycles. The molecule has 128 valence electrons. The Labute approximate surface area is 143 Å². The van der Waals surface area contributed by atoms with Gasteiger partial charge in [-0.25, -0.2) is 0 Å². The molecule has 0 saturated carbocycles. The average Bonchev–Trinajstić information content (AvgIpc) is 3.27. The summed E-state index contributed by atoms with van der Waals surface area (Å²) >= 11 is 0. The molecule has 0 spiro atoms. The Hall–Kier alpha value is -3.42. The van der Waals surface area contributed by atoms with Gasteiger partial charge in [0.1, 0.15) is 5.76 Å². The van der Waals surface area contributed by atoms with E-state index >= 15 is 0 Å². The summed E-state index contributed by atoms with van der Waals surface area (Å²) in [4.78, 5) is 27.9. The van der Waals surface area contributed by atoms with Gasteiger partial charge >= 0.3 is 0 Å². The van der Waals surface area contributed by atoms with Crippen LogP contribution in [0.2, 0.25) is 0 Å². The Morgan fingerprint density at radius 3 is 2.64 bits per heavy atom. The molecule has 0 bridgehead atoms. The molecule has 25 heavy (non-hydrogen) atoms. The van der Waals surface area contributed by atoms with Crippen LogP contribution in [0, 0.1) is 6.92 Å². The molecular formula is C17H16N4O4. The molecule has 0 saturated heterocycles. The number of benzene rings is 1. The molecule has 0 aliphatic rings. The highest BCUT2D eigenvalue weighted by molar-refractivity contribution is 5.96. The van der Waals surface area contributed by atoms with Crippen LogP contribution in [0.15, 0.2) is 51.6 Å². The van der Waals surface area contributed by atoms with Gasteiger partial charge in [-0.3, -0.25) is 20.4 Å². The van der Waals surface area contributed by atoms with Crippen molar-refractivity contribution in [3.63, 3.8) is 0 Å². The van der Waals surface area contributed by atoms with E-state index in [1.807, 2.05) is 30.3 Å². The van der Waals surface area contributed by atoms with E-state index in [-0.39, 0.29) is 18.7 Å². The second-order valence-corrected chi connectivity index (χ2v) is 5.27. The van der Waals surface area contributed by atoms with Gasteiger partial charge in [0.25, 0.3) is 5.91 Å². The molecule has 0 aliphatic heterocycles. The topological polar surface area (TPSA) is 110 Å². The van der Waals surface area contributed by atoms with Crippen LogP contribution in [0.25, 0.3) is 11.4 Å². The van der Waals surface area contributed by atoms with Gasteiger partial charge in [0, 0.05) is 18.4 Å². The predicted octanol–water partition coefficient (Wildman–Crippen LogP) is 2.03. The summed E-state index contributed by atoms with van der Waals surface area (Å²) < 4.78 is 10.2. The third-order valence-electron chi connectivity index (χ3n) is 3.48. The number of rotatable bonds is 5. The monoisotopic (exact) mass is 340 g/mol. The van der Waals surface area contributed by atoms with Crippen LogP contribution in [-0.4, -0.2) is 22.0 Å². The summed E-state index contributed by atoms with van der Waals surface area (Å²) in [6.45, 7) is 1.66. The molecule has 8 heteroatoms. The van der Waals surface area contributed by atoms with E-state index in [2.05, 4.69) is 21.0 Å². The molecule has 2 N–H and O–H groups in total. The van der Waals surface area contributed by atoms with Crippen LogP contribution in [-0.2, 0) is 11.2 Å². The number of furan rings is 1. The lowest BCUT2D eigenvalue weighted by atomic mass is 10.2. The van der Waals surface area contributed by atoms with E-state index in [4.69, 9.17) is 8.94 Å². The smallest absolute Gasteiger partial charge is 0.273 e. The van der Waals surface area contributed by atoms with E-state index in [1.54, 1.807) is 6.92 Å². The molecule has 0 fully saturated rings. The maximum absolute atomic E-state index is 11.8. The summed E-state index contributed by atoms with van der Waals surface area (Å²) in [5.41, 5.74) is 5.87. The van der Waals surface area contributed by atoms with Crippen molar-refractivity contribution < 1.29 is 18.5 Å². The summed E-state index contributed by atoms with van der Waals surface area (Å²) in [6, 6.07) is 10.9. The van der Waals surface area contributed by atoms with Crippen LogP contribution in [0.4, 0.5) is 0 Å². The molecule has 8 nitrogen and oxygen atoms in total. The second-order valence-electron chi connectivity index (χ2n) is 5.27. The number of nitrogens with one attached hydrogen (secondary N) is 2. The molecule has 2 amide bonds. The van der Waals surface area contributed by atoms with Gasteiger partial charge in [-0.1, -0.05) is 35.5 Å². The fourth-order valence-electron chi connectivity index (χ4n) is 2.16. The van der Waals surface area contributed by atoms with Crippen LogP contribution in [0.3, 0.4) is 0 Å². The first-order chi connectivity index (χ1) is 12.1. The Balaban J connectivity index is 1.47. The lowest BCUT2D eigenvalue weighted by Gasteiger charge is -2.05. The van der Waals surface area contributed by atoms with Crippen LogP contribution in [0.5, 0.6) is 0 Å². The maximum Gasteiger partial charge on any atom is 0.273 e. The Morgan fingerprint density at radius 1 is 1.12 bits per heavy atom. The third kappa shape index (κ3) is 4.11. The lowest BCUT2D eigenvalue weighted by Crippen LogP contribution is -2.41. The molecule has 3 rings (SSSR count). The highest BCUT2D eigenvalue weighted by Crippen LogP contribution is 2.15. The quantitative estimate of drug-likeness (QED) is 0.688. The fourth-order valence-corrected chi connectivity index (χ4v) is 2.16. The number of carbonyl (C=O) groups excluding carboxylic acids is 2. The van der Waals surface area contributed by atoms with Crippen LogP contribution >= 0.6 is 0 Å². The van der Waals surface area contributed by atoms with Gasteiger partial charge in [-0.05, 0) is 13.0 Å². The normalized spacial score (nSPS) is 10.4. The van der Waals surface area contributed by atoms with Crippen molar-refractivity contribution in [3.8, 4) is 11.4 Å². The summed E-state index contributed by atoms with van der Waals surface area (Å²) in [5, 5.41) is 3.88. The molecule has 0 unspecified atom stereocenters. The van der Waals surface area contributed by atoms with Crippen molar-refractivity contribution in [1.29, 1.82) is 0 Å². The van der Waals surface area contributed by atoms with Crippen molar-refractivity contribution in [3.05, 3.63) is 59.9 Å². The second kappa shape index (κ2) is 7.43. The molecular weight excluding hydrogens is 324 g/mol. The van der Waals surface area contributed by atoms with E-state index in [1.165, 1.54) is 12.3 Å². The number of carbonyl (C=O) groups is 2. The van der Waals surface area contributed by atoms with Gasteiger partial charge < -0.3 is 8.94 Å². The SMILES string of the molecule is Cc1occc1C(=O)NNC(=O)CCc1nc(-c2ccccc2)no1. The number of aryl methyl sites for hydroxylation is 2. The number of hydrogen-bond donors (Lipinski definition) is 2. The maximum atomic E-state index is 11.8. The fraction of sp³-hybridized carbons (Fsp3) is 0.176. The summed E-state index contributed by atoms with van der Waals surface area (Å²) in [6.07, 6.45) is 1.78. The minimum absolute atomic E-state index is 0.0983. The highest BCUT2D eigenvalue weighted by Gasteiger charge is 2.13. The van der Waals surface area contributed by atoms with E-state index in [9.17, 15) is 9.59 Å². The number of hydrogen-bond acceptors (Lipinski definition) is 6. The number of aromatic nitrogens is 2. The van der Waals surface area contributed by atoms with Crippen molar-refractivity contribution in [2.24, 2.45) is 0 Å². The minimum atomic E-state index is -0.441. The van der Waals surface area contributed by atoms with Crippen molar-refractivity contribution >= 4 is 11.8 Å². The van der Waals surface area contributed by atoms with E-state index in [0.29, 0.717) is 23.0 Å². The Morgan fingerprint density at radius 2 is 1.92 bits per heavy atom. The van der Waals surface area contributed by atoms with Gasteiger partial charge in [-0.15, -0.1) is 0 Å². The first-order valence-electron chi connectivity index (χ1n) is 7.65. The zero-order chi connectivity index (χ0) is 17.6. The van der Waals surface area contributed by atoms with E-state index in [0.717, 1.165) is 5.56 Å². The van der Waals surface area contributed by atoms with Gasteiger partial charge in [0.2, 0.25) is 17.6 Å². The largest absolute Gasteiger partial charge is 0.469 e. The van der Waals surface area contributed by atoms with Gasteiger partial charge in [0.15, 0.2) is 0 Å². The molecule has 2 heterocycles. The molecule has 1 aromatic carbocycles. The highest BCUT2D eigenvalue weighted by atomic mass is 16.5. The number of amides is 2. The molecule has 0 radical (unpaired) electrons. The summed E-state index contributed by atoms with van der Waals surface area (Å²) in [5.74, 6) is 0.495. The lowest BCUT2D eigenvalue weighted by molar-refractivity contribution is -0.121. The van der Waals surface area contributed by atoms with Crippen molar-refractivity contribution in [2.45, 2.75) is 19.8 Å². The van der Waals surface area contributed by atoms with Crippen LogP contribution in [0.1, 0.15) is 28.4 Å². The molecule has 3 aromatic rings. The Kier molecular flexibility index (Phi) is 4.89. The Bertz CT molecular complexity index is 870.